The molecule has 8 rings (SSSR count). The Balaban J connectivity index is 0.000000206. The average Bonchev–Trinajstić information content (AvgIpc) is 3.87. The van der Waals surface area contributed by atoms with Gasteiger partial charge in [0.25, 0.3) is 0 Å². The number of aliphatic hydroxyl groups excluding tert-OH is 4. The van der Waals surface area contributed by atoms with Crippen molar-refractivity contribution in [2.75, 3.05) is 14.2 Å². The first kappa shape index (κ1) is 55.0. The summed E-state index contributed by atoms with van der Waals surface area (Å²) in [6, 6.07) is 0.262. The molecule has 8 saturated carbocycles. The lowest BCUT2D eigenvalue weighted by Crippen LogP contribution is -2.63. The summed E-state index contributed by atoms with van der Waals surface area (Å²) in [5.74, 6) is 3.17. The first-order valence-electron chi connectivity index (χ1n) is 27.6. The predicted octanol–water partition coefficient (Wildman–Crippen LogP) is 8.47. The number of amides is 2. The van der Waals surface area contributed by atoms with Gasteiger partial charge in [-0.15, -0.1) is 0 Å². The molecule has 0 aromatic heterocycles. The Morgan fingerprint density at radius 1 is 0.557 bits per heavy atom. The molecule has 0 radical (unpaired) electrons. The van der Waals surface area contributed by atoms with Gasteiger partial charge in [0.15, 0.2) is 0 Å². The maximum Gasteiger partial charge on any atom is 0.305 e. The summed E-state index contributed by atoms with van der Waals surface area (Å²) < 4.78 is 9.71. The predicted molar refractivity (Wildman–Crippen MR) is 270 cm³/mol. The van der Waals surface area contributed by atoms with Gasteiger partial charge in [-0.25, -0.2) is 0 Å². The quantitative estimate of drug-likeness (QED) is 0.0817. The minimum atomic E-state index is -0.398. The van der Waals surface area contributed by atoms with E-state index in [9.17, 15) is 39.6 Å². The Labute approximate surface area is 420 Å². The molecular formula is C58H94N2O10. The van der Waals surface area contributed by atoms with Crippen LogP contribution >= 0.6 is 0 Å². The van der Waals surface area contributed by atoms with E-state index in [1.807, 2.05) is 0 Å². The van der Waals surface area contributed by atoms with Crippen molar-refractivity contribution < 1.29 is 49.1 Å². The molecule has 0 aromatic carbocycles. The van der Waals surface area contributed by atoms with E-state index in [2.05, 4.69) is 65.3 Å². The van der Waals surface area contributed by atoms with Crippen molar-refractivity contribution in [2.24, 2.45) is 92.7 Å². The lowest BCUT2D eigenvalue weighted by molar-refractivity contribution is -0.202. The molecule has 6 N–H and O–H groups in total. The van der Waals surface area contributed by atoms with Crippen molar-refractivity contribution in [1.29, 1.82) is 0 Å². The minimum Gasteiger partial charge on any atom is -0.469 e. The highest BCUT2D eigenvalue weighted by atomic mass is 16.5. The van der Waals surface area contributed by atoms with Crippen molar-refractivity contribution in [3.8, 4) is 0 Å². The number of carbonyl (C=O) groups excluding carboxylic acids is 4. The fraction of sp³-hybridized carbons (Fsp3) is 0.862. The van der Waals surface area contributed by atoms with Gasteiger partial charge in [0.05, 0.1) is 38.6 Å². The van der Waals surface area contributed by atoms with Gasteiger partial charge in [0.1, 0.15) is 0 Å². The number of ether oxygens (including phenoxy) is 2. The molecule has 0 heterocycles. The monoisotopic (exact) mass is 979 g/mol. The number of rotatable bonds is 12. The number of methoxy groups -OCH3 is 2. The Hall–Kier alpha value is -2.80. The van der Waals surface area contributed by atoms with Crippen LogP contribution in [0, 0.1) is 92.7 Å². The molecule has 12 heteroatoms. The summed E-state index contributed by atoms with van der Waals surface area (Å²) in [4.78, 5) is 47.9. The average molecular weight is 979 g/mol. The second kappa shape index (κ2) is 21.2. The number of nitrogens with one attached hydrogen (secondary N) is 2. The van der Waals surface area contributed by atoms with Crippen LogP contribution in [0.25, 0.3) is 0 Å². The number of hydrogen-bond acceptors (Lipinski definition) is 10. The van der Waals surface area contributed by atoms with E-state index in [0.29, 0.717) is 83.2 Å². The molecule has 0 bridgehead atoms. The number of aliphatic hydroxyl groups is 4. The summed E-state index contributed by atoms with van der Waals surface area (Å²) in [5.41, 5.74) is 0.763. The summed E-state index contributed by atoms with van der Waals surface area (Å²) in [6.45, 7) is 24.7. The van der Waals surface area contributed by atoms with Crippen molar-refractivity contribution in [3.05, 3.63) is 24.3 Å². The number of fused-ring (bicyclic) bond motifs is 10. The van der Waals surface area contributed by atoms with Crippen LogP contribution in [0.1, 0.15) is 171 Å². The molecule has 8 aliphatic carbocycles. The SMILES string of the molecule is C=C(C)C(=O)N[C@@H]1CC[C@@]2(C)[C@@H](C1)C[C@@H](O)[C@@H]1[C@@H]2C[C@H](O)[C@]2(C)[C@@H]([C@H](C)CCC(=O)OC)CC[C@@H]12.C=C(C)C(=O)N[C@@H]1CC[C@@]2(C)[C@@H](C1)C[C@@H](O)[C@@H]1[C@@H]2C[C@H](O)[C@]2(C)[C@@H]([C@H](C)CCC(=O)OC)CC[C@@H]12. The minimum absolute atomic E-state index is 0.0741. The Morgan fingerprint density at radius 3 is 1.24 bits per heavy atom. The van der Waals surface area contributed by atoms with Crippen LogP contribution < -0.4 is 10.6 Å². The number of esters is 2. The van der Waals surface area contributed by atoms with Crippen LogP contribution in [-0.4, -0.2) is 94.9 Å². The van der Waals surface area contributed by atoms with Crippen molar-refractivity contribution >= 4 is 23.8 Å². The molecule has 0 saturated heterocycles. The van der Waals surface area contributed by atoms with E-state index < -0.39 is 12.2 Å². The van der Waals surface area contributed by atoms with E-state index in [1.54, 1.807) is 13.8 Å². The van der Waals surface area contributed by atoms with Gasteiger partial charge in [-0.3, -0.25) is 19.2 Å². The van der Waals surface area contributed by atoms with Gasteiger partial charge in [-0.2, -0.15) is 0 Å². The highest BCUT2D eigenvalue weighted by Crippen LogP contribution is 2.70. The van der Waals surface area contributed by atoms with Gasteiger partial charge in [-0.1, -0.05) is 54.7 Å². The molecule has 0 spiro atoms. The Bertz CT molecular complexity index is 1820. The van der Waals surface area contributed by atoms with E-state index in [1.165, 1.54) is 14.2 Å². The second-order valence-electron chi connectivity index (χ2n) is 25.8. The molecule has 396 valence electrons. The zero-order chi connectivity index (χ0) is 51.4. The van der Waals surface area contributed by atoms with Crippen LogP contribution in [-0.2, 0) is 28.7 Å². The molecule has 12 nitrogen and oxygen atoms in total. The standard InChI is InChI=1S/2C29H47NO5/c2*1-16(2)27(34)30-19-11-12-28(4)18(13-19)14-23(31)26-21-9-8-20(17(3)7-10-25(33)35-6)29(21,5)24(32)15-22(26)28/h2*17-24,26,31-32H,1,7-15H2,2-6H3,(H,30,34)/t2*17-,18+,19-,20-,21+,22+,23-,24+,26+,28+,29-/m11/s1. The summed E-state index contributed by atoms with van der Waals surface area (Å²) in [7, 11) is 2.87. The van der Waals surface area contributed by atoms with Gasteiger partial charge in [-0.05, 0) is 209 Å². The normalized spacial score (nSPS) is 45.5. The Morgan fingerprint density at radius 2 is 0.914 bits per heavy atom. The summed E-state index contributed by atoms with van der Waals surface area (Å²) in [5, 5.41) is 52.8. The molecule has 8 aliphatic rings. The summed E-state index contributed by atoms with van der Waals surface area (Å²) in [6.07, 6.45) is 13.8. The third-order valence-electron chi connectivity index (χ3n) is 22.6. The third kappa shape index (κ3) is 9.85. The molecule has 22 atom stereocenters. The largest absolute Gasteiger partial charge is 0.469 e. The van der Waals surface area contributed by atoms with E-state index >= 15 is 0 Å². The topological polar surface area (TPSA) is 192 Å². The van der Waals surface area contributed by atoms with Crippen LogP contribution in [0.3, 0.4) is 0 Å². The zero-order valence-electron chi connectivity index (χ0n) is 44.8. The fourth-order valence-corrected chi connectivity index (χ4v) is 18.5. The maximum atomic E-state index is 12.2. The first-order valence-corrected chi connectivity index (χ1v) is 27.6. The lowest BCUT2D eigenvalue weighted by atomic mass is 9.43. The van der Waals surface area contributed by atoms with Crippen LogP contribution in [0.15, 0.2) is 24.3 Å². The van der Waals surface area contributed by atoms with Crippen LogP contribution in [0.5, 0.6) is 0 Å². The summed E-state index contributed by atoms with van der Waals surface area (Å²) >= 11 is 0. The van der Waals surface area contributed by atoms with Gasteiger partial charge in [0.2, 0.25) is 11.8 Å². The van der Waals surface area contributed by atoms with E-state index in [0.717, 1.165) is 103 Å². The van der Waals surface area contributed by atoms with Crippen LogP contribution in [0.2, 0.25) is 0 Å². The maximum absolute atomic E-state index is 12.2. The number of carbonyl (C=O) groups is 4. The van der Waals surface area contributed by atoms with Gasteiger partial charge < -0.3 is 40.5 Å². The van der Waals surface area contributed by atoms with Crippen LogP contribution in [0.4, 0.5) is 0 Å². The molecule has 2 amide bonds. The third-order valence-corrected chi connectivity index (χ3v) is 22.6. The van der Waals surface area contributed by atoms with Gasteiger partial charge >= 0.3 is 11.9 Å². The highest BCUT2D eigenvalue weighted by molar-refractivity contribution is 5.92. The van der Waals surface area contributed by atoms with E-state index in [-0.39, 0.29) is 81.5 Å². The van der Waals surface area contributed by atoms with Crippen molar-refractivity contribution in [2.45, 2.75) is 207 Å². The molecule has 0 unspecified atom stereocenters. The molecule has 0 aromatic rings. The second-order valence-corrected chi connectivity index (χ2v) is 25.8. The van der Waals surface area contributed by atoms with Crippen molar-refractivity contribution in [3.63, 3.8) is 0 Å². The highest BCUT2D eigenvalue weighted by Gasteiger charge is 2.67. The first-order chi connectivity index (χ1) is 32.9. The van der Waals surface area contributed by atoms with E-state index in [4.69, 9.17) is 9.47 Å². The molecular weight excluding hydrogens is 885 g/mol. The lowest BCUT2D eigenvalue weighted by Gasteiger charge is -2.63. The Kier molecular flexibility index (Phi) is 16.6. The molecule has 8 fully saturated rings. The smallest absolute Gasteiger partial charge is 0.305 e. The van der Waals surface area contributed by atoms with Crippen molar-refractivity contribution in [1.82, 2.24) is 10.6 Å². The fourth-order valence-electron chi connectivity index (χ4n) is 18.5. The van der Waals surface area contributed by atoms with Gasteiger partial charge in [0, 0.05) is 36.1 Å². The molecule has 70 heavy (non-hydrogen) atoms. The number of hydrogen-bond donors (Lipinski definition) is 6. The molecule has 0 aliphatic heterocycles. The zero-order valence-corrected chi connectivity index (χ0v) is 44.8.